The van der Waals surface area contributed by atoms with Crippen molar-refractivity contribution in [2.75, 3.05) is 14.2 Å². The van der Waals surface area contributed by atoms with Gasteiger partial charge in [-0.25, -0.2) is 4.98 Å². The van der Waals surface area contributed by atoms with Gasteiger partial charge in [-0.2, -0.15) is 4.98 Å². The summed E-state index contributed by atoms with van der Waals surface area (Å²) in [6, 6.07) is 2.96. The van der Waals surface area contributed by atoms with Gasteiger partial charge in [-0.05, 0) is 0 Å². The Morgan fingerprint density at radius 1 is 1.33 bits per heavy atom. The summed E-state index contributed by atoms with van der Waals surface area (Å²) in [6.07, 6.45) is 1.45. The summed E-state index contributed by atoms with van der Waals surface area (Å²) in [7, 11) is 3.01. The van der Waals surface area contributed by atoms with Crippen molar-refractivity contribution in [2.45, 2.75) is 0 Å². The van der Waals surface area contributed by atoms with Gasteiger partial charge in [-0.3, -0.25) is 0 Å². The van der Waals surface area contributed by atoms with Crippen LogP contribution in [0.15, 0.2) is 6.20 Å². The van der Waals surface area contributed by atoms with E-state index in [-0.39, 0.29) is 41.5 Å². The monoisotopic (exact) mass is 198 g/mol. The molecule has 0 N–H and O–H groups in total. The van der Waals surface area contributed by atoms with E-state index in [1.807, 2.05) is 0 Å². The van der Waals surface area contributed by atoms with E-state index in [4.69, 9.17) is 9.47 Å². The van der Waals surface area contributed by atoms with E-state index in [2.05, 4.69) is 16.0 Å². The Labute approximate surface area is 93.3 Å². The number of rotatable bonds is 2. The minimum Gasteiger partial charge on any atom is -1.00 e. The predicted octanol–water partition coefficient (Wildman–Crippen LogP) is -3.08. The van der Waals surface area contributed by atoms with Crippen LogP contribution in [0.5, 0.6) is 11.9 Å². The van der Waals surface area contributed by atoms with E-state index >= 15 is 0 Å². The molecular weight excluding hydrogens is 192 g/mol. The van der Waals surface area contributed by atoms with Crippen molar-refractivity contribution in [2.24, 2.45) is 0 Å². The number of hydrogen-bond donors (Lipinski definition) is 0. The summed E-state index contributed by atoms with van der Waals surface area (Å²) in [5.41, 5.74) is 0. The van der Waals surface area contributed by atoms with E-state index in [0.717, 1.165) is 0 Å². The summed E-state index contributed by atoms with van der Waals surface area (Å²) in [5.74, 6) is 0.381. The Kier molecular flexibility index (Phi) is 8.79. The third kappa shape index (κ3) is 3.94. The molecule has 0 aliphatic heterocycles. The molecule has 0 aromatic carbocycles. The molecule has 0 saturated heterocycles. The van der Waals surface area contributed by atoms with Gasteiger partial charge in [-0.15, -0.1) is 6.20 Å². The van der Waals surface area contributed by atoms with Gasteiger partial charge in [0.2, 0.25) is 0 Å². The Hall–Kier alpha value is -0.264. The van der Waals surface area contributed by atoms with Crippen molar-refractivity contribution in [3.05, 3.63) is 12.3 Å². The van der Waals surface area contributed by atoms with Crippen LogP contribution in [0, 0.1) is 6.07 Å². The molecule has 0 atom stereocenters. The molecule has 6 heteroatoms. The minimum atomic E-state index is 0. The van der Waals surface area contributed by atoms with E-state index in [1.54, 1.807) is 0 Å². The molecule has 0 spiro atoms. The second kappa shape index (κ2) is 7.39. The molecule has 12 heavy (non-hydrogen) atoms. The van der Waals surface area contributed by atoms with E-state index in [0.29, 0.717) is 5.88 Å². The van der Waals surface area contributed by atoms with Crippen LogP contribution in [0.25, 0.3) is 0 Å². The van der Waals surface area contributed by atoms with Crippen LogP contribution in [-0.4, -0.2) is 47.2 Å². The van der Waals surface area contributed by atoms with Crippen LogP contribution in [-0.2, 0) is 0 Å². The van der Waals surface area contributed by atoms with Gasteiger partial charge in [0.25, 0.3) is 0 Å². The molecule has 1 aromatic rings. The van der Waals surface area contributed by atoms with Crippen LogP contribution in [0.4, 0.5) is 0 Å². The average molecular weight is 199 g/mol. The van der Waals surface area contributed by atoms with Crippen molar-refractivity contribution in [1.29, 1.82) is 0 Å². The molecule has 0 aliphatic rings. The maximum absolute atomic E-state index is 4.77. The van der Waals surface area contributed by atoms with Crippen LogP contribution < -0.4 is 21.9 Å². The molecule has 0 bridgehead atoms. The Morgan fingerprint density at radius 3 is 2.50 bits per heavy atom. The normalized spacial score (nSPS) is 7.50. The Balaban J connectivity index is 0. The van der Waals surface area contributed by atoms with Gasteiger partial charge < -0.3 is 27.9 Å². The minimum absolute atomic E-state index is 0. The van der Waals surface area contributed by atoms with Crippen molar-refractivity contribution in [3.63, 3.8) is 0 Å². The second-order valence-corrected chi connectivity index (χ2v) is 1.51. The molecular formula is C6H7ClMgN2O2. The zero-order chi connectivity index (χ0) is 7.40. The fourth-order valence-corrected chi connectivity index (χ4v) is 0.494. The molecule has 1 rings (SSSR count). The Morgan fingerprint density at radius 2 is 2.00 bits per heavy atom. The third-order valence-electron chi connectivity index (χ3n) is 0.936. The first kappa shape index (κ1) is 14.3. The molecule has 62 valence electrons. The third-order valence-corrected chi connectivity index (χ3v) is 0.936. The maximum Gasteiger partial charge on any atom is 2.00 e. The first-order valence-corrected chi connectivity index (χ1v) is 2.69. The number of nitrogens with zero attached hydrogens (tertiary/aromatic N) is 2. The largest absolute Gasteiger partial charge is 2.00 e. The van der Waals surface area contributed by atoms with E-state index in [9.17, 15) is 0 Å². The quantitative estimate of drug-likeness (QED) is 0.374. The Bertz CT molecular complexity index is 205. The first-order valence-electron chi connectivity index (χ1n) is 2.69. The summed E-state index contributed by atoms with van der Waals surface area (Å²) in [6.45, 7) is 0. The van der Waals surface area contributed by atoms with Gasteiger partial charge in [0.1, 0.15) is 0 Å². The number of methoxy groups -OCH3 is 2. The summed E-state index contributed by atoms with van der Waals surface area (Å²) >= 11 is 0. The molecule has 0 radical (unpaired) electrons. The van der Waals surface area contributed by atoms with Crippen LogP contribution in [0.3, 0.4) is 0 Å². The molecule has 1 heterocycles. The molecule has 1 aromatic heterocycles. The van der Waals surface area contributed by atoms with Crippen molar-refractivity contribution in [3.8, 4) is 11.9 Å². The smallest absolute Gasteiger partial charge is 1.00 e. The SMILES string of the molecule is COc1[c-]cnc(OC)n1.[Cl-].[Mg+2]. The van der Waals surface area contributed by atoms with Crippen molar-refractivity contribution >= 4 is 23.1 Å². The summed E-state index contributed by atoms with van der Waals surface area (Å²) in [4.78, 5) is 7.54. The van der Waals surface area contributed by atoms with Crippen molar-refractivity contribution in [1.82, 2.24) is 9.97 Å². The van der Waals surface area contributed by atoms with Crippen molar-refractivity contribution < 1.29 is 21.9 Å². The maximum atomic E-state index is 4.77. The molecule has 4 nitrogen and oxygen atoms in total. The topological polar surface area (TPSA) is 44.2 Å². The average Bonchev–Trinajstić information content (AvgIpc) is 2.05. The first-order chi connectivity index (χ1) is 4.86. The standard InChI is InChI=1S/C6H7N2O2.ClH.Mg/c1-9-5-3-4-7-6(8-5)10-2;;/h4H,1-2H3;1H;/q-1;;+2/p-1. The van der Waals surface area contributed by atoms with Gasteiger partial charge in [0, 0.05) is 5.88 Å². The predicted molar refractivity (Wildman–Crippen MR) is 39.7 cm³/mol. The van der Waals surface area contributed by atoms with Gasteiger partial charge in [0.05, 0.1) is 14.2 Å². The zero-order valence-corrected chi connectivity index (χ0v) is 9.04. The molecule has 0 fully saturated rings. The summed E-state index contributed by atoms with van der Waals surface area (Å²) < 4.78 is 9.50. The zero-order valence-electron chi connectivity index (χ0n) is 6.87. The van der Waals surface area contributed by atoms with Crippen LogP contribution >= 0.6 is 0 Å². The van der Waals surface area contributed by atoms with Crippen LogP contribution in [0.1, 0.15) is 0 Å². The van der Waals surface area contributed by atoms with E-state index in [1.165, 1.54) is 20.4 Å². The number of halogens is 1. The van der Waals surface area contributed by atoms with E-state index < -0.39 is 0 Å². The fourth-order valence-electron chi connectivity index (χ4n) is 0.494. The van der Waals surface area contributed by atoms with Gasteiger partial charge in [0.15, 0.2) is 0 Å². The van der Waals surface area contributed by atoms with Crippen LogP contribution in [0.2, 0.25) is 0 Å². The number of ether oxygens (including phenoxy) is 2. The second-order valence-electron chi connectivity index (χ2n) is 1.51. The molecule has 0 unspecified atom stereocenters. The molecule has 0 aliphatic carbocycles. The fraction of sp³-hybridized carbons (Fsp3) is 0.333. The molecule has 0 saturated carbocycles. The number of hydrogen-bond acceptors (Lipinski definition) is 4. The van der Waals surface area contributed by atoms with Gasteiger partial charge in [-0.1, -0.05) is 0 Å². The molecule has 0 amide bonds. The van der Waals surface area contributed by atoms with Gasteiger partial charge >= 0.3 is 29.1 Å². The number of aromatic nitrogens is 2. The summed E-state index contributed by atoms with van der Waals surface area (Å²) in [5, 5.41) is 0.